The first kappa shape index (κ1) is 14.7. The van der Waals surface area contributed by atoms with Crippen LogP contribution in [-0.4, -0.2) is 56.6 Å². The van der Waals surface area contributed by atoms with Crippen molar-refractivity contribution in [1.29, 1.82) is 0 Å². The van der Waals surface area contributed by atoms with Crippen LogP contribution in [0.3, 0.4) is 0 Å². The summed E-state index contributed by atoms with van der Waals surface area (Å²) in [5.74, 6) is 0. The summed E-state index contributed by atoms with van der Waals surface area (Å²) in [5.41, 5.74) is 0. The highest BCUT2D eigenvalue weighted by molar-refractivity contribution is 5.56. The third-order valence-electron chi connectivity index (χ3n) is 1.64. The van der Waals surface area contributed by atoms with E-state index in [-0.39, 0.29) is 6.29 Å². The van der Waals surface area contributed by atoms with Gasteiger partial charge < -0.3 is 25.2 Å². The Morgan fingerprint density at radius 1 is 1.12 bits per heavy atom. The average molecular weight is 229 g/mol. The lowest BCUT2D eigenvalue weighted by molar-refractivity contribution is -0.127. The maximum atomic E-state index is 9.76. The van der Waals surface area contributed by atoms with E-state index in [1.54, 1.807) is 12.4 Å². The highest BCUT2D eigenvalue weighted by atomic mass is 16.4. The van der Waals surface area contributed by atoms with E-state index < -0.39 is 24.9 Å². The summed E-state index contributed by atoms with van der Waals surface area (Å²) in [5, 5.41) is 34.1. The molecule has 0 spiro atoms. The first-order valence-electron chi connectivity index (χ1n) is 4.58. The molecule has 0 radical (unpaired) electrons. The molecular formula is C10H15NO5. The molecule has 0 fully saturated rings. The summed E-state index contributed by atoms with van der Waals surface area (Å²) in [6.07, 6.45) is -1.13. The van der Waals surface area contributed by atoms with Crippen LogP contribution in [0.25, 0.3) is 0 Å². The van der Waals surface area contributed by atoms with Crippen molar-refractivity contribution in [3.8, 4) is 0 Å². The highest BCUT2D eigenvalue weighted by Crippen LogP contribution is 1.96. The minimum absolute atomic E-state index is 0.0869. The fourth-order valence-corrected chi connectivity index (χ4v) is 0.729. The van der Waals surface area contributed by atoms with E-state index in [9.17, 15) is 4.79 Å². The molecule has 0 aliphatic rings. The van der Waals surface area contributed by atoms with Gasteiger partial charge in [0.05, 0.1) is 6.61 Å². The summed E-state index contributed by atoms with van der Waals surface area (Å²) >= 11 is 0. The van der Waals surface area contributed by atoms with Crippen molar-refractivity contribution in [3.05, 3.63) is 30.6 Å². The fourth-order valence-electron chi connectivity index (χ4n) is 0.729. The van der Waals surface area contributed by atoms with Crippen LogP contribution in [-0.2, 0) is 4.79 Å². The van der Waals surface area contributed by atoms with Gasteiger partial charge in [-0.2, -0.15) is 0 Å². The van der Waals surface area contributed by atoms with Gasteiger partial charge in [0.15, 0.2) is 6.29 Å². The molecule has 1 rings (SSSR count). The molecule has 1 aromatic heterocycles. The number of aliphatic hydroxyl groups excluding tert-OH is 4. The lowest BCUT2D eigenvalue weighted by Crippen LogP contribution is -2.40. The molecule has 3 atom stereocenters. The Morgan fingerprint density at radius 3 is 1.94 bits per heavy atom. The fraction of sp³-hybridized carbons (Fsp3) is 0.400. The van der Waals surface area contributed by atoms with Gasteiger partial charge in [0.25, 0.3) is 0 Å². The number of hydrogen-bond donors (Lipinski definition) is 4. The predicted molar refractivity (Wildman–Crippen MR) is 55.4 cm³/mol. The van der Waals surface area contributed by atoms with Crippen LogP contribution >= 0.6 is 0 Å². The van der Waals surface area contributed by atoms with Gasteiger partial charge in [-0.3, -0.25) is 4.98 Å². The Bertz CT molecular complexity index is 242. The molecule has 0 bridgehead atoms. The Kier molecular flexibility index (Phi) is 8.18. The van der Waals surface area contributed by atoms with E-state index in [0.717, 1.165) is 0 Å². The quantitative estimate of drug-likeness (QED) is 0.460. The van der Waals surface area contributed by atoms with Gasteiger partial charge in [-0.15, -0.1) is 0 Å². The second-order valence-electron chi connectivity index (χ2n) is 2.89. The molecule has 0 aliphatic carbocycles. The molecular weight excluding hydrogens is 214 g/mol. The van der Waals surface area contributed by atoms with Crippen molar-refractivity contribution in [2.75, 3.05) is 6.61 Å². The summed E-state index contributed by atoms with van der Waals surface area (Å²) in [6, 6.07) is 5.72. The summed E-state index contributed by atoms with van der Waals surface area (Å²) in [7, 11) is 0. The molecule has 1 heterocycles. The molecule has 0 aromatic carbocycles. The van der Waals surface area contributed by atoms with Crippen LogP contribution < -0.4 is 0 Å². The summed E-state index contributed by atoms with van der Waals surface area (Å²) < 4.78 is 0. The number of aldehydes is 1. The Balaban J connectivity index is 0.000000315. The van der Waals surface area contributed by atoms with E-state index >= 15 is 0 Å². The minimum Gasteiger partial charge on any atom is -0.394 e. The van der Waals surface area contributed by atoms with Gasteiger partial charge in [0.1, 0.15) is 18.3 Å². The van der Waals surface area contributed by atoms with Crippen LogP contribution in [0.5, 0.6) is 0 Å². The second-order valence-corrected chi connectivity index (χ2v) is 2.89. The number of aromatic nitrogens is 1. The number of carbonyl (C=O) groups excluding carboxylic acids is 1. The van der Waals surface area contributed by atoms with Gasteiger partial charge in [-0.05, 0) is 12.1 Å². The number of rotatable bonds is 4. The molecule has 6 heteroatoms. The van der Waals surface area contributed by atoms with E-state index in [1.165, 1.54) is 0 Å². The van der Waals surface area contributed by atoms with E-state index in [1.807, 2.05) is 18.2 Å². The molecule has 0 saturated carbocycles. The van der Waals surface area contributed by atoms with Crippen LogP contribution in [0, 0.1) is 0 Å². The van der Waals surface area contributed by atoms with Crippen LogP contribution in [0.1, 0.15) is 0 Å². The SMILES string of the molecule is O=CC(O)C(O)C(O)CO.c1ccncc1. The van der Waals surface area contributed by atoms with E-state index in [0.29, 0.717) is 0 Å². The first-order valence-corrected chi connectivity index (χ1v) is 4.58. The van der Waals surface area contributed by atoms with Gasteiger partial charge in [0.2, 0.25) is 0 Å². The number of pyridine rings is 1. The minimum atomic E-state index is -1.64. The van der Waals surface area contributed by atoms with E-state index in [4.69, 9.17) is 20.4 Å². The highest BCUT2D eigenvalue weighted by Gasteiger charge is 2.22. The van der Waals surface area contributed by atoms with Crippen molar-refractivity contribution < 1.29 is 25.2 Å². The van der Waals surface area contributed by atoms with Gasteiger partial charge in [-0.25, -0.2) is 0 Å². The smallest absolute Gasteiger partial charge is 0.151 e. The zero-order valence-corrected chi connectivity index (χ0v) is 8.55. The molecule has 90 valence electrons. The zero-order chi connectivity index (χ0) is 12.4. The van der Waals surface area contributed by atoms with Gasteiger partial charge in [0, 0.05) is 12.4 Å². The van der Waals surface area contributed by atoms with Crippen molar-refractivity contribution in [3.63, 3.8) is 0 Å². The average Bonchev–Trinajstić information content (AvgIpc) is 2.38. The summed E-state index contributed by atoms with van der Waals surface area (Å²) in [6.45, 7) is -0.688. The molecule has 1 aromatic rings. The second kappa shape index (κ2) is 8.93. The standard InChI is InChI=1S/C5H5N.C5H10O5/c1-2-4-6-5-3-1;6-1-3(8)5(10)4(9)2-7/h1-5H;1,3-5,7-10H,2H2. The number of aliphatic hydroxyl groups is 4. The molecule has 0 saturated heterocycles. The van der Waals surface area contributed by atoms with Gasteiger partial charge >= 0.3 is 0 Å². The molecule has 0 aliphatic heterocycles. The third kappa shape index (κ3) is 6.20. The van der Waals surface area contributed by atoms with Crippen LogP contribution in [0.4, 0.5) is 0 Å². The summed E-state index contributed by atoms with van der Waals surface area (Å²) in [4.78, 5) is 13.5. The Morgan fingerprint density at radius 2 is 1.69 bits per heavy atom. The monoisotopic (exact) mass is 229 g/mol. The third-order valence-corrected chi connectivity index (χ3v) is 1.64. The topological polar surface area (TPSA) is 111 Å². The lowest BCUT2D eigenvalue weighted by Gasteiger charge is -2.16. The number of hydrogen-bond acceptors (Lipinski definition) is 6. The Labute approximate surface area is 92.8 Å². The number of carbonyl (C=O) groups is 1. The predicted octanol–water partition coefficient (Wildman–Crippen LogP) is -1.66. The number of nitrogens with zero attached hydrogens (tertiary/aromatic N) is 1. The van der Waals surface area contributed by atoms with Crippen LogP contribution in [0.2, 0.25) is 0 Å². The molecule has 16 heavy (non-hydrogen) atoms. The van der Waals surface area contributed by atoms with Crippen LogP contribution in [0.15, 0.2) is 30.6 Å². The maximum Gasteiger partial charge on any atom is 0.151 e. The van der Waals surface area contributed by atoms with Crippen molar-refractivity contribution in [2.45, 2.75) is 18.3 Å². The normalized spacial score (nSPS) is 15.2. The molecule has 6 nitrogen and oxygen atoms in total. The maximum absolute atomic E-state index is 9.76. The largest absolute Gasteiger partial charge is 0.394 e. The molecule has 3 unspecified atom stereocenters. The lowest BCUT2D eigenvalue weighted by atomic mass is 10.1. The van der Waals surface area contributed by atoms with Crippen molar-refractivity contribution >= 4 is 6.29 Å². The van der Waals surface area contributed by atoms with E-state index in [2.05, 4.69) is 4.98 Å². The van der Waals surface area contributed by atoms with Crippen molar-refractivity contribution in [2.24, 2.45) is 0 Å². The molecule has 0 amide bonds. The van der Waals surface area contributed by atoms with Crippen molar-refractivity contribution in [1.82, 2.24) is 4.98 Å². The first-order chi connectivity index (χ1) is 7.63. The van der Waals surface area contributed by atoms with Gasteiger partial charge in [-0.1, -0.05) is 6.07 Å². The zero-order valence-electron chi connectivity index (χ0n) is 8.55. The molecule has 4 N–H and O–H groups in total. The Hall–Kier alpha value is -1.34.